The molecule has 0 radical (unpaired) electrons. The Morgan fingerprint density at radius 2 is 1.64 bits per heavy atom. The van der Waals surface area contributed by atoms with Crippen LogP contribution >= 0.6 is 0 Å². The second-order valence-electron chi connectivity index (χ2n) is 6.80. The van der Waals surface area contributed by atoms with Crippen molar-refractivity contribution in [3.63, 3.8) is 0 Å². The van der Waals surface area contributed by atoms with Crippen molar-refractivity contribution in [1.82, 2.24) is 0 Å². The average Bonchev–Trinajstić information content (AvgIpc) is 3.06. The first kappa shape index (κ1) is 13.1. The molecule has 0 fully saturated rings. The van der Waals surface area contributed by atoms with Gasteiger partial charge >= 0.3 is 0 Å². The van der Waals surface area contributed by atoms with E-state index in [0.29, 0.717) is 0 Å². The van der Waals surface area contributed by atoms with Gasteiger partial charge in [0, 0.05) is 11.1 Å². The quantitative estimate of drug-likeness (QED) is 0.351. The fraction of sp³-hybridized carbons (Fsp3) is 0.0417. The molecule has 2 aliphatic rings. The lowest BCUT2D eigenvalue weighted by atomic mass is 9.90. The highest BCUT2D eigenvalue weighted by Crippen LogP contribution is 2.41. The molecular weight excluding hydrogens is 302 g/mol. The molecule has 0 bridgehead atoms. The molecule has 0 N–H and O–H groups in total. The van der Waals surface area contributed by atoms with Gasteiger partial charge in [0.05, 0.1) is 11.0 Å². The second-order valence-corrected chi connectivity index (χ2v) is 6.80. The third-order valence-electron chi connectivity index (χ3n) is 5.37. The van der Waals surface area contributed by atoms with Gasteiger partial charge in [0.15, 0.2) is 0 Å². The Labute approximate surface area is 145 Å². The minimum Gasteiger partial charge on any atom is -0.248 e. The lowest BCUT2D eigenvalue weighted by Crippen LogP contribution is -2.16. The standard InChI is InChI=1S/C24H15N/c1-2-7-17-14-20-18(13-16(17)6-1)10-12-22-24(20)23-19-8-4-3-5-15(19)9-11-21(23)25-22/h1-2,4-14H,3H2. The maximum Gasteiger partial charge on any atom is 0.0723 e. The minimum absolute atomic E-state index is 1.01. The summed E-state index contributed by atoms with van der Waals surface area (Å²) in [5, 5.41) is 7.56. The van der Waals surface area contributed by atoms with Crippen molar-refractivity contribution in [2.45, 2.75) is 6.42 Å². The van der Waals surface area contributed by atoms with E-state index in [4.69, 9.17) is 4.99 Å². The van der Waals surface area contributed by atoms with Gasteiger partial charge in [0.25, 0.3) is 0 Å². The van der Waals surface area contributed by atoms with Crippen LogP contribution in [0.4, 0.5) is 5.69 Å². The Balaban J connectivity index is 1.81. The smallest absolute Gasteiger partial charge is 0.0723 e. The molecule has 1 aliphatic heterocycles. The van der Waals surface area contributed by atoms with E-state index >= 15 is 0 Å². The van der Waals surface area contributed by atoms with Crippen LogP contribution in [0.3, 0.4) is 0 Å². The summed E-state index contributed by atoms with van der Waals surface area (Å²) in [7, 11) is 0. The zero-order chi connectivity index (χ0) is 16.4. The van der Waals surface area contributed by atoms with Crippen LogP contribution in [-0.2, 0) is 0 Å². The van der Waals surface area contributed by atoms with Gasteiger partial charge in [-0.15, -0.1) is 0 Å². The highest BCUT2D eigenvalue weighted by molar-refractivity contribution is 6.10. The van der Waals surface area contributed by atoms with E-state index < -0.39 is 0 Å². The summed E-state index contributed by atoms with van der Waals surface area (Å²) in [5.41, 5.74) is 4.98. The van der Waals surface area contributed by atoms with Crippen LogP contribution in [0.1, 0.15) is 12.0 Å². The molecule has 1 aliphatic carbocycles. The summed E-state index contributed by atoms with van der Waals surface area (Å²) < 4.78 is 0. The van der Waals surface area contributed by atoms with Crippen molar-refractivity contribution in [2.24, 2.45) is 4.99 Å². The Morgan fingerprint density at radius 1 is 0.760 bits per heavy atom. The molecule has 1 heterocycles. The Kier molecular flexibility index (Phi) is 2.46. The summed E-state index contributed by atoms with van der Waals surface area (Å²) in [4.78, 5) is 4.91. The van der Waals surface area contributed by atoms with Crippen LogP contribution in [0.25, 0.3) is 44.8 Å². The Hall–Kier alpha value is -3.19. The van der Waals surface area contributed by atoms with E-state index in [1.165, 1.54) is 43.5 Å². The maximum absolute atomic E-state index is 4.91. The van der Waals surface area contributed by atoms with Crippen molar-refractivity contribution in [1.29, 1.82) is 0 Å². The van der Waals surface area contributed by atoms with E-state index in [1.54, 1.807) is 0 Å². The van der Waals surface area contributed by atoms with Gasteiger partial charge in [-0.2, -0.15) is 0 Å². The number of hydrogen-bond acceptors (Lipinski definition) is 1. The normalized spacial score (nSPS) is 13.9. The first-order valence-electron chi connectivity index (χ1n) is 8.73. The number of rotatable bonds is 0. The summed E-state index contributed by atoms with van der Waals surface area (Å²) in [5.74, 6) is 0. The molecule has 4 aromatic rings. The largest absolute Gasteiger partial charge is 0.248 e. The number of benzene rings is 4. The molecule has 116 valence electrons. The molecular formula is C24H15N. The van der Waals surface area contributed by atoms with Gasteiger partial charge in [0.2, 0.25) is 0 Å². The molecule has 0 unspecified atom stereocenters. The number of hydrogen-bond donors (Lipinski definition) is 0. The Bertz CT molecular complexity index is 1360. The van der Waals surface area contributed by atoms with Crippen LogP contribution < -0.4 is 10.6 Å². The maximum atomic E-state index is 4.91. The van der Waals surface area contributed by atoms with E-state index in [-0.39, 0.29) is 0 Å². The zero-order valence-electron chi connectivity index (χ0n) is 13.7. The van der Waals surface area contributed by atoms with Crippen LogP contribution in [-0.4, -0.2) is 0 Å². The van der Waals surface area contributed by atoms with Crippen molar-refractivity contribution in [3.8, 4) is 11.1 Å². The zero-order valence-corrected chi connectivity index (χ0v) is 13.7. The van der Waals surface area contributed by atoms with E-state index in [0.717, 1.165) is 17.5 Å². The Morgan fingerprint density at radius 3 is 2.56 bits per heavy atom. The molecule has 0 aromatic heterocycles. The van der Waals surface area contributed by atoms with Crippen LogP contribution in [0, 0.1) is 0 Å². The lowest BCUT2D eigenvalue weighted by molar-refractivity contribution is 1.36. The van der Waals surface area contributed by atoms with Gasteiger partial charge in [0.1, 0.15) is 0 Å². The van der Waals surface area contributed by atoms with E-state index in [1.807, 2.05) is 0 Å². The summed E-state index contributed by atoms with van der Waals surface area (Å²) in [6.07, 6.45) is 7.81. The molecule has 0 spiro atoms. The van der Waals surface area contributed by atoms with Gasteiger partial charge in [-0.3, -0.25) is 0 Å². The fourth-order valence-electron chi connectivity index (χ4n) is 4.21. The third-order valence-corrected chi connectivity index (χ3v) is 5.37. The molecule has 1 nitrogen and oxygen atoms in total. The SMILES string of the molecule is C1=Cc2c3c(ccc2=CC1)=Nc1ccc2cc4ccccc4cc2c1-3. The molecule has 0 atom stereocenters. The first-order chi connectivity index (χ1) is 12.4. The number of nitrogens with zero attached hydrogens (tertiary/aromatic N) is 1. The number of fused-ring (bicyclic) bond motifs is 8. The highest BCUT2D eigenvalue weighted by atomic mass is 14.8. The summed E-state index contributed by atoms with van der Waals surface area (Å²) >= 11 is 0. The molecule has 0 amide bonds. The van der Waals surface area contributed by atoms with Crippen molar-refractivity contribution in [2.75, 3.05) is 0 Å². The monoisotopic (exact) mass is 317 g/mol. The van der Waals surface area contributed by atoms with Crippen LogP contribution in [0.2, 0.25) is 0 Å². The third kappa shape index (κ3) is 1.75. The van der Waals surface area contributed by atoms with Crippen molar-refractivity contribution < 1.29 is 0 Å². The van der Waals surface area contributed by atoms with Gasteiger partial charge in [-0.05, 0) is 63.0 Å². The highest BCUT2D eigenvalue weighted by Gasteiger charge is 2.20. The van der Waals surface area contributed by atoms with Gasteiger partial charge in [-0.25, -0.2) is 4.99 Å². The van der Waals surface area contributed by atoms with E-state index in [9.17, 15) is 0 Å². The average molecular weight is 317 g/mol. The van der Waals surface area contributed by atoms with Crippen molar-refractivity contribution in [3.05, 3.63) is 82.9 Å². The van der Waals surface area contributed by atoms with Gasteiger partial charge < -0.3 is 0 Å². The molecule has 4 aromatic carbocycles. The molecule has 25 heavy (non-hydrogen) atoms. The predicted octanol–water partition coefficient (Wildman–Crippen LogP) is 5.12. The summed E-state index contributed by atoms with van der Waals surface area (Å²) in [6, 6.07) is 21.9. The number of allylic oxidation sites excluding steroid dienone is 1. The lowest BCUT2D eigenvalue weighted by Gasteiger charge is -2.12. The molecule has 1 heteroatoms. The molecule has 0 saturated heterocycles. The predicted molar refractivity (Wildman–Crippen MR) is 105 cm³/mol. The van der Waals surface area contributed by atoms with Crippen molar-refractivity contribution >= 4 is 39.4 Å². The minimum atomic E-state index is 1.01. The molecule has 6 rings (SSSR count). The van der Waals surface area contributed by atoms with E-state index in [2.05, 4.69) is 78.9 Å². The summed E-state index contributed by atoms with van der Waals surface area (Å²) in [6.45, 7) is 0. The second kappa shape index (κ2) is 4.67. The molecule has 0 saturated carbocycles. The first-order valence-corrected chi connectivity index (χ1v) is 8.73. The topological polar surface area (TPSA) is 12.4 Å². The van der Waals surface area contributed by atoms with Crippen LogP contribution in [0.5, 0.6) is 0 Å². The fourth-order valence-corrected chi connectivity index (χ4v) is 4.21. The van der Waals surface area contributed by atoms with Gasteiger partial charge in [-0.1, -0.05) is 54.6 Å². The van der Waals surface area contributed by atoms with Crippen LogP contribution in [0.15, 0.2) is 71.7 Å².